The van der Waals surface area contributed by atoms with Gasteiger partial charge in [0.25, 0.3) is 11.5 Å². The molecular formula is C18H23N5O3. The van der Waals surface area contributed by atoms with E-state index in [0.717, 1.165) is 50.2 Å². The minimum atomic E-state index is -0.209. The van der Waals surface area contributed by atoms with Crippen molar-refractivity contribution in [1.29, 1.82) is 0 Å². The van der Waals surface area contributed by atoms with Crippen molar-refractivity contribution in [2.75, 3.05) is 18.0 Å². The maximum absolute atomic E-state index is 12.4. The standard InChI is InChI=1S/C18H23N5O3/c1-22-17(24)8-7-16(20-22)23-9-3-2-4-13(23)11-19-18(25)14-10-15(26-21-14)12-5-6-12/h7-8,10,12-13H,2-6,9,11H2,1H3,(H,19,25). The van der Waals surface area contributed by atoms with Crippen LogP contribution in [-0.4, -0.2) is 40.0 Å². The Morgan fingerprint density at radius 3 is 2.92 bits per heavy atom. The zero-order valence-electron chi connectivity index (χ0n) is 14.9. The number of rotatable bonds is 5. The molecule has 0 bridgehead atoms. The van der Waals surface area contributed by atoms with Crippen LogP contribution in [0.4, 0.5) is 5.82 Å². The Hall–Kier alpha value is -2.64. The molecule has 0 radical (unpaired) electrons. The van der Waals surface area contributed by atoms with Gasteiger partial charge in [-0.3, -0.25) is 9.59 Å². The molecule has 2 aromatic rings. The van der Waals surface area contributed by atoms with Gasteiger partial charge in [-0.2, -0.15) is 5.10 Å². The fraction of sp³-hybridized carbons (Fsp3) is 0.556. The number of hydrogen-bond donors (Lipinski definition) is 1. The Balaban J connectivity index is 1.42. The molecule has 1 unspecified atom stereocenters. The first-order valence-electron chi connectivity index (χ1n) is 9.17. The quantitative estimate of drug-likeness (QED) is 0.870. The molecule has 1 aliphatic carbocycles. The fourth-order valence-electron chi connectivity index (χ4n) is 3.42. The summed E-state index contributed by atoms with van der Waals surface area (Å²) in [6.45, 7) is 1.37. The highest BCUT2D eigenvalue weighted by Crippen LogP contribution is 2.40. The Morgan fingerprint density at radius 2 is 2.15 bits per heavy atom. The van der Waals surface area contributed by atoms with E-state index < -0.39 is 0 Å². The van der Waals surface area contributed by atoms with Gasteiger partial charge in [0.2, 0.25) is 0 Å². The highest BCUT2D eigenvalue weighted by Gasteiger charge is 2.29. The van der Waals surface area contributed by atoms with Crippen molar-refractivity contribution in [3.63, 3.8) is 0 Å². The average Bonchev–Trinajstić information content (AvgIpc) is 3.39. The van der Waals surface area contributed by atoms with Crippen LogP contribution in [0.2, 0.25) is 0 Å². The smallest absolute Gasteiger partial charge is 0.273 e. The van der Waals surface area contributed by atoms with Crippen LogP contribution in [0.5, 0.6) is 0 Å². The largest absolute Gasteiger partial charge is 0.360 e. The van der Waals surface area contributed by atoms with E-state index in [1.54, 1.807) is 19.2 Å². The molecule has 1 atom stereocenters. The van der Waals surface area contributed by atoms with Crippen LogP contribution < -0.4 is 15.8 Å². The summed E-state index contributed by atoms with van der Waals surface area (Å²) >= 11 is 0. The van der Waals surface area contributed by atoms with Crippen molar-refractivity contribution >= 4 is 11.7 Å². The molecule has 2 fully saturated rings. The minimum absolute atomic E-state index is 0.131. The van der Waals surface area contributed by atoms with E-state index in [9.17, 15) is 9.59 Å². The summed E-state index contributed by atoms with van der Waals surface area (Å²) in [6, 6.07) is 5.18. The second-order valence-corrected chi connectivity index (χ2v) is 7.10. The first-order valence-corrected chi connectivity index (χ1v) is 9.17. The van der Waals surface area contributed by atoms with E-state index in [0.29, 0.717) is 18.2 Å². The van der Waals surface area contributed by atoms with Gasteiger partial charge >= 0.3 is 0 Å². The van der Waals surface area contributed by atoms with Gasteiger partial charge < -0.3 is 14.7 Å². The molecule has 4 rings (SSSR count). The SMILES string of the molecule is Cn1nc(N2CCCCC2CNC(=O)c2cc(C3CC3)on2)ccc1=O. The highest BCUT2D eigenvalue weighted by molar-refractivity contribution is 5.92. The normalized spacial score (nSPS) is 20.2. The highest BCUT2D eigenvalue weighted by atomic mass is 16.5. The first kappa shape index (κ1) is 16.8. The third-order valence-electron chi connectivity index (χ3n) is 5.11. The topological polar surface area (TPSA) is 93.3 Å². The monoisotopic (exact) mass is 357 g/mol. The van der Waals surface area contributed by atoms with Crippen LogP contribution in [0, 0.1) is 0 Å². The molecule has 1 aliphatic heterocycles. The number of piperidine rings is 1. The molecule has 2 aliphatic rings. The molecule has 8 nitrogen and oxygen atoms in total. The summed E-state index contributed by atoms with van der Waals surface area (Å²) in [7, 11) is 1.65. The third kappa shape index (κ3) is 3.49. The molecule has 1 saturated carbocycles. The van der Waals surface area contributed by atoms with Crippen LogP contribution in [0.25, 0.3) is 0 Å². The summed E-state index contributed by atoms with van der Waals surface area (Å²) in [5.74, 6) is 1.81. The lowest BCUT2D eigenvalue weighted by Crippen LogP contribution is -2.47. The Bertz CT molecular complexity index is 855. The third-order valence-corrected chi connectivity index (χ3v) is 5.11. The lowest BCUT2D eigenvalue weighted by atomic mass is 10.0. The van der Waals surface area contributed by atoms with Crippen LogP contribution in [-0.2, 0) is 7.05 Å². The van der Waals surface area contributed by atoms with E-state index in [4.69, 9.17) is 4.52 Å². The Morgan fingerprint density at radius 1 is 1.31 bits per heavy atom. The molecule has 1 N–H and O–H groups in total. The van der Waals surface area contributed by atoms with Crippen LogP contribution in [0.3, 0.4) is 0 Å². The Kier molecular flexibility index (Phi) is 4.48. The summed E-state index contributed by atoms with van der Waals surface area (Å²) in [5.41, 5.74) is 0.211. The molecular weight excluding hydrogens is 334 g/mol. The van der Waals surface area contributed by atoms with Crippen LogP contribution >= 0.6 is 0 Å². The number of amides is 1. The molecule has 0 aromatic carbocycles. The van der Waals surface area contributed by atoms with Crippen molar-refractivity contribution in [1.82, 2.24) is 20.3 Å². The molecule has 8 heteroatoms. The average molecular weight is 357 g/mol. The van der Waals surface area contributed by atoms with Gasteiger partial charge in [-0.1, -0.05) is 5.16 Å². The van der Waals surface area contributed by atoms with Gasteiger partial charge in [-0.05, 0) is 38.2 Å². The summed E-state index contributed by atoms with van der Waals surface area (Å²) in [4.78, 5) is 26.1. The van der Waals surface area contributed by atoms with Gasteiger partial charge in [-0.25, -0.2) is 4.68 Å². The van der Waals surface area contributed by atoms with E-state index in [1.165, 1.54) is 10.7 Å². The number of hydrogen-bond acceptors (Lipinski definition) is 6. The van der Waals surface area contributed by atoms with Crippen LogP contribution in [0.15, 0.2) is 27.5 Å². The number of anilines is 1. The number of nitrogens with one attached hydrogen (secondary N) is 1. The summed E-state index contributed by atoms with van der Waals surface area (Å²) < 4.78 is 6.59. The lowest BCUT2D eigenvalue weighted by molar-refractivity contribution is 0.0940. The van der Waals surface area contributed by atoms with Crippen molar-refractivity contribution in [3.05, 3.63) is 40.0 Å². The lowest BCUT2D eigenvalue weighted by Gasteiger charge is -2.36. The molecule has 1 amide bonds. The second kappa shape index (κ2) is 6.93. The zero-order chi connectivity index (χ0) is 18.1. The van der Waals surface area contributed by atoms with Gasteiger partial charge in [0.15, 0.2) is 5.69 Å². The molecule has 138 valence electrons. The number of aryl methyl sites for hydroxylation is 1. The zero-order valence-corrected chi connectivity index (χ0v) is 14.9. The number of carbonyl (C=O) groups is 1. The van der Waals surface area contributed by atoms with Gasteiger partial charge in [0.1, 0.15) is 11.6 Å². The molecule has 26 heavy (non-hydrogen) atoms. The predicted molar refractivity (Wildman–Crippen MR) is 95.3 cm³/mol. The van der Waals surface area contributed by atoms with Gasteiger partial charge in [0.05, 0.1) is 0 Å². The number of aromatic nitrogens is 3. The van der Waals surface area contributed by atoms with Crippen molar-refractivity contribution in [2.45, 2.75) is 44.1 Å². The van der Waals surface area contributed by atoms with Crippen molar-refractivity contribution in [3.8, 4) is 0 Å². The van der Waals surface area contributed by atoms with E-state index in [-0.39, 0.29) is 17.5 Å². The molecule has 2 aromatic heterocycles. The maximum atomic E-state index is 12.4. The molecule has 0 spiro atoms. The summed E-state index contributed by atoms with van der Waals surface area (Å²) in [6.07, 6.45) is 5.37. The van der Waals surface area contributed by atoms with Crippen molar-refractivity contribution < 1.29 is 9.32 Å². The van der Waals surface area contributed by atoms with E-state index in [1.807, 2.05) is 0 Å². The van der Waals surface area contributed by atoms with Crippen molar-refractivity contribution in [2.24, 2.45) is 7.05 Å². The molecule has 1 saturated heterocycles. The van der Waals surface area contributed by atoms with Crippen LogP contribution in [0.1, 0.15) is 54.3 Å². The molecule has 3 heterocycles. The number of carbonyl (C=O) groups excluding carboxylic acids is 1. The maximum Gasteiger partial charge on any atom is 0.273 e. The Labute approximate surface area is 151 Å². The summed E-state index contributed by atoms with van der Waals surface area (Å²) in [5, 5.41) is 11.2. The number of nitrogens with zero attached hydrogens (tertiary/aromatic N) is 4. The van der Waals surface area contributed by atoms with E-state index >= 15 is 0 Å². The first-order chi connectivity index (χ1) is 12.6. The second-order valence-electron chi connectivity index (χ2n) is 7.10. The van der Waals surface area contributed by atoms with Gasteiger partial charge in [-0.15, -0.1) is 0 Å². The van der Waals surface area contributed by atoms with E-state index in [2.05, 4.69) is 20.5 Å². The fourth-order valence-corrected chi connectivity index (χ4v) is 3.42. The predicted octanol–water partition coefficient (Wildman–Crippen LogP) is 1.43. The van der Waals surface area contributed by atoms with Gasteiger partial charge in [0, 0.05) is 44.2 Å². The minimum Gasteiger partial charge on any atom is -0.360 e.